The van der Waals surface area contributed by atoms with Crippen LogP contribution in [0.4, 0.5) is 11.5 Å². The number of nitrogens with one attached hydrogen (secondary N) is 2. The zero-order valence-electron chi connectivity index (χ0n) is 15.5. The van der Waals surface area contributed by atoms with Gasteiger partial charge in [-0.15, -0.1) is 0 Å². The molecule has 3 aromatic rings. The van der Waals surface area contributed by atoms with Crippen molar-refractivity contribution in [3.63, 3.8) is 0 Å². The zero-order chi connectivity index (χ0) is 19.8. The lowest BCUT2D eigenvalue weighted by Gasteiger charge is -2.10. The number of anilines is 2. The molecule has 140 valence electrons. The van der Waals surface area contributed by atoms with E-state index in [4.69, 9.17) is 10.00 Å². The van der Waals surface area contributed by atoms with Gasteiger partial charge in [-0.25, -0.2) is 4.98 Å². The molecule has 0 atom stereocenters. The Morgan fingerprint density at radius 3 is 2.75 bits per heavy atom. The standard InChI is InChI=1S/C22H20N4O2/c1-28-20-8-3-2-6-17(20)11-12-24-22(27)18-9-10-21(25-15-18)26-19-7-4-5-16(13-19)14-23/h2-10,13,15H,11-12H2,1H3,(H,24,27)(H,25,26). The summed E-state index contributed by atoms with van der Waals surface area (Å²) in [6, 6.07) is 20.4. The number of ether oxygens (including phenoxy) is 1. The Morgan fingerprint density at radius 2 is 2.00 bits per heavy atom. The number of para-hydroxylation sites is 1. The van der Waals surface area contributed by atoms with Gasteiger partial charge < -0.3 is 15.4 Å². The summed E-state index contributed by atoms with van der Waals surface area (Å²) in [6.07, 6.45) is 2.20. The van der Waals surface area contributed by atoms with Crippen LogP contribution in [0.25, 0.3) is 0 Å². The Morgan fingerprint density at radius 1 is 1.14 bits per heavy atom. The van der Waals surface area contributed by atoms with Crippen molar-refractivity contribution in [3.8, 4) is 11.8 Å². The van der Waals surface area contributed by atoms with Crippen LogP contribution in [0.3, 0.4) is 0 Å². The minimum Gasteiger partial charge on any atom is -0.496 e. The Bertz CT molecular complexity index is 994. The van der Waals surface area contributed by atoms with Crippen LogP contribution in [0.2, 0.25) is 0 Å². The normalized spacial score (nSPS) is 10.0. The van der Waals surface area contributed by atoms with Crippen molar-refractivity contribution < 1.29 is 9.53 Å². The van der Waals surface area contributed by atoms with E-state index in [1.54, 1.807) is 37.4 Å². The van der Waals surface area contributed by atoms with E-state index in [-0.39, 0.29) is 5.91 Å². The van der Waals surface area contributed by atoms with E-state index in [0.717, 1.165) is 17.0 Å². The van der Waals surface area contributed by atoms with Crippen LogP contribution >= 0.6 is 0 Å². The van der Waals surface area contributed by atoms with E-state index >= 15 is 0 Å². The van der Waals surface area contributed by atoms with Crippen LogP contribution in [0.5, 0.6) is 5.75 Å². The van der Waals surface area contributed by atoms with Gasteiger partial charge in [-0.2, -0.15) is 5.26 Å². The fraction of sp³-hybridized carbons (Fsp3) is 0.136. The Balaban J connectivity index is 1.55. The summed E-state index contributed by atoms with van der Waals surface area (Å²) in [5.41, 5.74) is 2.86. The Labute approximate surface area is 163 Å². The first-order valence-corrected chi connectivity index (χ1v) is 8.83. The molecule has 1 amide bonds. The maximum atomic E-state index is 12.3. The number of carbonyl (C=O) groups excluding carboxylic acids is 1. The number of nitrogens with zero attached hydrogens (tertiary/aromatic N) is 2. The summed E-state index contributed by atoms with van der Waals surface area (Å²) in [5.74, 6) is 1.23. The minimum atomic E-state index is -0.180. The molecule has 6 heteroatoms. The molecule has 28 heavy (non-hydrogen) atoms. The van der Waals surface area contributed by atoms with Gasteiger partial charge in [-0.1, -0.05) is 24.3 Å². The number of pyridine rings is 1. The van der Waals surface area contributed by atoms with Crippen LogP contribution in [-0.4, -0.2) is 24.5 Å². The first-order valence-electron chi connectivity index (χ1n) is 8.83. The molecule has 0 unspecified atom stereocenters. The topological polar surface area (TPSA) is 87.0 Å². The summed E-state index contributed by atoms with van der Waals surface area (Å²) in [5, 5.41) is 15.0. The first-order chi connectivity index (χ1) is 13.7. The Kier molecular flexibility index (Phi) is 6.21. The molecular weight excluding hydrogens is 352 g/mol. The van der Waals surface area contributed by atoms with Crippen molar-refractivity contribution in [1.82, 2.24) is 10.3 Å². The molecular formula is C22H20N4O2. The number of methoxy groups -OCH3 is 1. The zero-order valence-corrected chi connectivity index (χ0v) is 15.5. The fourth-order valence-corrected chi connectivity index (χ4v) is 2.74. The summed E-state index contributed by atoms with van der Waals surface area (Å²) < 4.78 is 5.32. The van der Waals surface area contributed by atoms with Gasteiger partial charge in [0.15, 0.2) is 0 Å². The van der Waals surface area contributed by atoms with Crippen molar-refractivity contribution in [2.45, 2.75) is 6.42 Å². The maximum absolute atomic E-state index is 12.3. The highest BCUT2D eigenvalue weighted by Crippen LogP contribution is 2.18. The lowest BCUT2D eigenvalue weighted by atomic mass is 10.1. The molecule has 0 aliphatic rings. The largest absolute Gasteiger partial charge is 0.496 e. The van der Waals surface area contributed by atoms with Crippen LogP contribution in [0, 0.1) is 11.3 Å². The quantitative estimate of drug-likeness (QED) is 0.661. The number of hydrogen-bond donors (Lipinski definition) is 2. The summed E-state index contributed by atoms with van der Waals surface area (Å²) >= 11 is 0. The van der Waals surface area contributed by atoms with E-state index in [0.29, 0.717) is 29.9 Å². The lowest BCUT2D eigenvalue weighted by Crippen LogP contribution is -2.25. The summed E-state index contributed by atoms with van der Waals surface area (Å²) in [4.78, 5) is 16.6. The first kappa shape index (κ1) is 18.9. The number of amides is 1. The minimum absolute atomic E-state index is 0.180. The van der Waals surface area contributed by atoms with Crippen molar-refractivity contribution in [2.75, 3.05) is 19.0 Å². The number of aromatic nitrogens is 1. The van der Waals surface area contributed by atoms with E-state index < -0.39 is 0 Å². The van der Waals surface area contributed by atoms with Crippen LogP contribution in [-0.2, 0) is 6.42 Å². The predicted octanol–water partition coefficient (Wildman–Crippen LogP) is 3.68. The lowest BCUT2D eigenvalue weighted by molar-refractivity contribution is 0.0953. The van der Waals surface area contributed by atoms with Crippen LogP contribution in [0.1, 0.15) is 21.5 Å². The Hall–Kier alpha value is -3.85. The third-order valence-corrected chi connectivity index (χ3v) is 4.16. The van der Waals surface area contributed by atoms with Gasteiger partial charge in [0.1, 0.15) is 11.6 Å². The third kappa shape index (κ3) is 4.86. The van der Waals surface area contributed by atoms with Gasteiger partial charge in [0, 0.05) is 18.4 Å². The highest BCUT2D eigenvalue weighted by molar-refractivity contribution is 5.94. The van der Waals surface area contributed by atoms with Gasteiger partial charge in [-0.3, -0.25) is 4.79 Å². The van der Waals surface area contributed by atoms with E-state index in [2.05, 4.69) is 21.7 Å². The molecule has 0 aliphatic heterocycles. The molecule has 2 aromatic carbocycles. The fourth-order valence-electron chi connectivity index (χ4n) is 2.74. The molecule has 0 radical (unpaired) electrons. The number of nitriles is 1. The van der Waals surface area contributed by atoms with Crippen molar-refractivity contribution in [3.05, 3.63) is 83.6 Å². The molecule has 0 saturated heterocycles. The average Bonchev–Trinajstić information content (AvgIpc) is 2.74. The molecule has 0 spiro atoms. The van der Waals surface area contributed by atoms with E-state index in [1.165, 1.54) is 6.20 Å². The smallest absolute Gasteiger partial charge is 0.252 e. The average molecular weight is 372 g/mol. The molecule has 0 bridgehead atoms. The van der Waals surface area contributed by atoms with Crippen LogP contribution in [0.15, 0.2) is 66.9 Å². The number of carbonyl (C=O) groups is 1. The molecule has 0 fully saturated rings. The molecule has 2 N–H and O–H groups in total. The van der Waals surface area contributed by atoms with Crippen molar-refractivity contribution in [1.29, 1.82) is 5.26 Å². The third-order valence-electron chi connectivity index (χ3n) is 4.16. The van der Waals surface area contributed by atoms with E-state index in [9.17, 15) is 4.79 Å². The highest BCUT2D eigenvalue weighted by Gasteiger charge is 2.07. The monoisotopic (exact) mass is 372 g/mol. The molecule has 0 saturated carbocycles. The van der Waals surface area contributed by atoms with Gasteiger partial charge in [0.05, 0.1) is 24.3 Å². The molecule has 0 aliphatic carbocycles. The molecule has 1 heterocycles. The second-order valence-corrected chi connectivity index (χ2v) is 6.07. The predicted molar refractivity (Wildman–Crippen MR) is 108 cm³/mol. The van der Waals surface area contributed by atoms with Gasteiger partial charge >= 0.3 is 0 Å². The number of rotatable bonds is 7. The summed E-state index contributed by atoms with van der Waals surface area (Å²) in [6.45, 7) is 0.500. The maximum Gasteiger partial charge on any atom is 0.252 e. The second-order valence-electron chi connectivity index (χ2n) is 6.07. The SMILES string of the molecule is COc1ccccc1CCNC(=O)c1ccc(Nc2cccc(C#N)c2)nc1. The molecule has 6 nitrogen and oxygen atoms in total. The second kappa shape index (κ2) is 9.19. The van der Waals surface area contributed by atoms with Gasteiger partial charge in [0.2, 0.25) is 0 Å². The van der Waals surface area contributed by atoms with Crippen molar-refractivity contribution >= 4 is 17.4 Å². The number of benzene rings is 2. The summed E-state index contributed by atoms with van der Waals surface area (Å²) in [7, 11) is 1.63. The molecule has 3 rings (SSSR count). The van der Waals surface area contributed by atoms with Crippen LogP contribution < -0.4 is 15.4 Å². The number of hydrogen-bond acceptors (Lipinski definition) is 5. The van der Waals surface area contributed by atoms with Crippen molar-refractivity contribution in [2.24, 2.45) is 0 Å². The highest BCUT2D eigenvalue weighted by atomic mass is 16.5. The van der Waals surface area contributed by atoms with Gasteiger partial charge in [0.25, 0.3) is 5.91 Å². The van der Waals surface area contributed by atoms with Gasteiger partial charge in [-0.05, 0) is 48.4 Å². The molecule has 1 aromatic heterocycles. The van der Waals surface area contributed by atoms with E-state index in [1.807, 2.05) is 30.3 Å².